The van der Waals surface area contributed by atoms with Crippen molar-refractivity contribution in [2.45, 2.75) is 51.4 Å². The van der Waals surface area contributed by atoms with Crippen LogP contribution in [0.4, 0.5) is 0 Å². The molecule has 2 heterocycles. The van der Waals surface area contributed by atoms with Crippen LogP contribution < -0.4 is 4.74 Å². The van der Waals surface area contributed by atoms with E-state index in [4.69, 9.17) is 4.74 Å². The van der Waals surface area contributed by atoms with Crippen molar-refractivity contribution in [2.75, 3.05) is 6.54 Å². The van der Waals surface area contributed by atoms with Crippen LogP contribution in [-0.2, 0) is 4.79 Å². The van der Waals surface area contributed by atoms with Crippen LogP contribution in [0.5, 0.6) is 5.75 Å². The molecule has 2 aliphatic rings. The lowest BCUT2D eigenvalue weighted by atomic mass is 9.83. The lowest BCUT2D eigenvalue weighted by Crippen LogP contribution is -2.53. The third-order valence-corrected chi connectivity index (χ3v) is 5.79. The summed E-state index contributed by atoms with van der Waals surface area (Å²) in [5, 5.41) is 11.0. The van der Waals surface area contributed by atoms with Crippen LogP contribution in [0, 0.1) is 6.92 Å². The molecule has 0 saturated carbocycles. The molecule has 1 N–H and O–H groups in total. The number of benzene rings is 2. The molecule has 5 nitrogen and oxygen atoms in total. The van der Waals surface area contributed by atoms with E-state index >= 15 is 0 Å². The number of amides is 1. The van der Waals surface area contributed by atoms with Gasteiger partial charge in [0.25, 0.3) is 0 Å². The van der Waals surface area contributed by atoms with Crippen LogP contribution in [0.2, 0.25) is 0 Å². The smallest absolute Gasteiger partial charge is 0.223 e. The number of hydrogen-bond donors (Lipinski definition) is 1. The molecule has 0 aliphatic carbocycles. The van der Waals surface area contributed by atoms with Crippen LogP contribution in [0.25, 0.3) is 0 Å². The highest BCUT2D eigenvalue weighted by molar-refractivity contribution is 6.10. The maximum Gasteiger partial charge on any atom is 0.223 e. The standard InChI is InChI=1S/C23H25NO4/c1-14-12-18-17(13-16(14)21(26)15-8-5-4-6-9-15)20(22(27)23(2,3)28-18)24-11-7-10-19(24)25/h4-6,8-9,12-13,20,22,27H,7,10-11H2,1-3H3/t20-,22+/m1/s1. The van der Waals surface area contributed by atoms with Crippen molar-refractivity contribution in [3.8, 4) is 5.75 Å². The summed E-state index contributed by atoms with van der Waals surface area (Å²) in [7, 11) is 0. The van der Waals surface area contributed by atoms with Crippen molar-refractivity contribution in [3.63, 3.8) is 0 Å². The van der Waals surface area contributed by atoms with Gasteiger partial charge in [0.1, 0.15) is 17.5 Å². The predicted octanol–water partition coefficient (Wildman–Crippen LogP) is 3.42. The normalized spacial score (nSPS) is 23.3. The number of aliphatic hydroxyl groups is 1. The number of carbonyl (C=O) groups is 2. The Hall–Kier alpha value is -2.66. The van der Waals surface area contributed by atoms with Gasteiger partial charge in [0.2, 0.25) is 5.91 Å². The van der Waals surface area contributed by atoms with Crippen molar-refractivity contribution in [1.82, 2.24) is 4.90 Å². The Balaban J connectivity index is 1.84. The van der Waals surface area contributed by atoms with Crippen LogP contribution in [0.15, 0.2) is 42.5 Å². The molecular formula is C23H25NO4. The summed E-state index contributed by atoms with van der Waals surface area (Å²) >= 11 is 0. The highest BCUT2D eigenvalue weighted by Gasteiger charge is 2.47. The summed E-state index contributed by atoms with van der Waals surface area (Å²) in [6.45, 7) is 6.14. The molecule has 1 amide bonds. The number of aryl methyl sites for hydroxylation is 1. The molecule has 2 aromatic carbocycles. The SMILES string of the molecule is Cc1cc2c(cc1C(=O)c1ccccc1)[C@@H](N1CCCC1=O)[C@H](O)C(C)(C)O2. The summed E-state index contributed by atoms with van der Waals surface area (Å²) in [5.41, 5.74) is 1.85. The first-order valence-electron chi connectivity index (χ1n) is 9.70. The van der Waals surface area contributed by atoms with Crippen molar-refractivity contribution in [1.29, 1.82) is 0 Å². The van der Waals surface area contributed by atoms with Crippen LogP contribution >= 0.6 is 0 Å². The molecule has 4 rings (SSSR count). The van der Waals surface area contributed by atoms with Gasteiger partial charge in [-0.1, -0.05) is 30.3 Å². The molecule has 0 unspecified atom stereocenters. The third kappa shape index (κ3) is 3.00. The minimum Gasteiger partial charge on any atom is -0.485 e. The minimum atomic E-state index is -0.885. The fourth-order valence-electron chi connectivity index (χ4n) is 4.20. The molecule has 2 aliphatic heterocycles. The maximum absolute atomic E-state index is 13.1. The van der Waals surface area contributed by atoms with Crippen LogP contribution in [-0.4, -0.2) is 39.9 Å². The summed E-state index contributed by atoms with van der Waals surface area (Å²) in [6, 6.07) is 12.3. The van der Waals surface area contributed by atoms with E-state index in [1.54, 1.807) is 23.1 Å². The van der Waals surface area contributed by atoms with E-state index in [-0.39, 0.29) is 11.7 Å². The van der Waals surface area contributed by atoms with Gasteiger partial charge in [-0.15, -0.1) is 0 Å². The van der Waals surface area contributed by atoms with Crippen molar-refractivity contribution in [3.05, 3.63) is 64.7 Å². The number of ketones is 1. The van der Waals surface area contributed by atoms with Gasteiger partial charge in [0.05, 0.1) is 6.04 Å². The third-order valence-electron chi connectivity index (χ3n) is 5.79. The Bertz CT molecular complexity index is 935. The number of likely N-dealkylation sites (tertiary alicyclic amines) is 1. The number of nitrogens with zero attached hydrogens (tertiary/aromatic N) is 1. The van der Waals surface area contributed by atoms with E-state index < -0.39 is 17.7 Å². The van der Waals surface area contributed by atoms with E-state index in [0.717, 1.165) is 12.0 Å². The Morgan fingerprint density at radius 3 is 2.57 bits per heavy atom. The van der Waals surface area contributed by atoms with Gasteiger partial charge in [-0.25, -0.2) is 0 Å². The Morgan fingerprint density at radius 1 is 1.21 bits per heavy atom. The van der Waals surface area contributed by atoms with E-state index in [9.17, 15) is 14.7 Å². The van der Waals surface area contributed by atoms with Gasteiger partial charge in [-0.3, -0.25) is 9.59 Å². The molecular weight excluding hydrogens is 354 g/mol. The highest BCUT2D eigenvalue weighted by Crippen LogP contribution is 2.45. The molecule has 1 fully saturated rings. The zero-order valence-electron chi connectivity index (χ0n) is 16.4. The van der Waals surface area contributed by atoms with E-state index in [2.05, 4.69) is 0 Å². The van der Waals surface area contributed by atoms with Crippen LogP contribution in [0.3, 0.4) is 0 Å². The Labute approximate surface area is 164 Å². The fourth-order valence-corrected chi connectivity index (χ4v) is 4.20. The van der Waals surface area contributed by atoms with Crippen molar-refractivity contribution in [2.24, 2.45) is 0 Å². The zero-order valence-corrected chi connectivity index (χ0v) is 16.4. The second-order valence-corrected chi connectivity index (χ2v) is 8.19. The molecule has 2 aromatic rings. The van der Waals surface area contributed by atoms with E-state index in [0.29, 0.717) is 35.4 Å². The second kappa shape index (κ2) is 6.74. The summed E-state index contributed by atoms with van der Waals surface area (Å²) in [4.78, 5) is 27.3. The summed E-state index contributed by atoms with van der Waals surface area (Å²) in [5.74, 6) is 0.582. The number of aliphatic hydroxyl groups excluding tert-OH is 1. The first kappa shape index (κ1) is 18.7. The molecule has 2 atom stereocenters. The molecule has 146 valence electrons. The minimum absolute atomic E-state index is 0.0317. The number of carbonyl (C=O) groups excluding carboxylic acids is 2. The molecule has 0 radical (unpaired) electrons. The molecule has 28 heavy (non-hydrogen) atoms. The van der Waals surface area contributed by atoms with Crippen LogP contribution in [0.1, 0.15) is 59.8 Å². The van der Waals surface area contributed by atoms with Gasteiger partial charge in [0, 0.05) is 29.7 Å². The number of fused-ring (bicyclic) bond motifs is 1. The Kier molecular flexibility index (Phi) is 4.50. The first-order chi connectivity index (χ1) is 13.3. The van der Waals surface area contributed by atoms with Gasteiger partial charge in [-0.2, -0.15) is 0 Å². The topological polar surface area (TPSA) is 66.8 Å². The van der Waals surface area contributed by atoms with E-state index in [1.165, 1.54) is 0 Å². The molecule has 0 spiro atoms. The largest absolute Gasteiger partial charge is 0.485 e. The molecule has 5 heteroatoms. The average Bonchev–Trinajstić information content (AvgIpc) is 3.08. The second-order valence-electron chi connectivity index (χ2n) is 8.19. The number of hydrogen-bond acceptors (Lipinski definition) is 4. The van der Waals surface area contributed by atoms with Crippen molar-refractivity contribution < 1.29 is 19.4 Å². The van der Waals surface area contributed by atoms with Gasteiger partial charge in [0.15, 0.2) is 5.78 Å². The van der Waals surface area contributed by atoms with Crippen molar-refractivity contribution >= 4 is 11.7 Å². The van der Waals surface area contributed by atoms with Gasteiger partial charge < -0.3 is 14.7 Å². The average molecular weight is 379 g/mol. The number of rotatable bonds is 3. The fraction of sp³-hybridized carbons (Fsp3) is 0.391. The van der Waals surface area contributed by atoms with Gasteiger partial charge >= 0.3 is 0 Å². The molecule has 0 aromatic heterocycles. The summed E-state index contributed by atoms with van der Waals surface area (Å²) < 4.78 is 6.08. The predicted molar refractivity (Wildman–Crippen MR) is 105 cm³/mol. The lowest BCUT2D eigenvalue weighted by Gasteiger charge is -2.45. The maximum atomic E-state index is 13.1. The molecule has 1 saturated heterocycles. The van der Waals surface area contributed by atoms with E-state index in [1.807, 2.05) is 45.0 Å². The van der Waals surface area contributed by atoms with Gasteiger partial charge in [-0.05, 0) is 44.9 Å². The Morgan fingerprint density at radius 2 is 1.93 bits per heavy atom. The lowest BCUT2D eigenvalue weighted by molar-refractivity contribution is -0.139. The zero-order chi connectivity index (χ0) is 20.1. The molecule has 0 bridgehead atoms. The monoisotopic (exact) mass is 379 g/mol. The summed E-state index contributed by atoms with van der Waals surface area (Å²) in [6.07, 6.45) is 0.381. The number of ether oxygens (including phenoxy) is 1. The quantitative estimate of drug-likeness (QED) is 0.830. The highest BCUT2D eigenvalue weighted by atomic mass is 16.5. The first-order valence-corrected chi connectivity index (χ1v) is 9.70.